The molecule has 2 rings (SSSR count). The Morgan fingerprint density at radius 2 is 2.06 bits per heavy atom. The van der Waals surface area contributed by atoms with Crippen LogP contribution in [0.1, 0.15) is 13.8 Å². The van der Waals surface area contributed by atoms with E-state index in [1.54, 1.807) is 18.2 Å². The van der Waals surface area contributed by atoms with Crippen LogP contribution >= 0.6 is 0 Å². The summed E-state index contributed by atoms with van der Waals surface area (Å²) in [7, 11) is 0. The van der Waals surface area contributed by atoms with E-state index in [4.69, 9.17) is 14.2 Å². The van der Waals surface area contributed by atoms with Gasteiger partial charge < -0.3 is 14.2 Å². The van der Waals surface area contributed by atoms with Crippen molar-refractivity contribution in [2.75, 3.05) is 0 Å². The van der Waals surface area contributed by atoms with Gasteiger partial charge in [-0.2, -0.15) is 0 Å². The normalized spacial score (nSPS) is 18.3. The lowest BCUT2D eigenvalue weighted by atomic mass is 10.3. The summed E-state index contributed by atoms with van der Waals surface area (Å²) in [6.45, 7) is 3.89. The molecule has 0 saturated heterocycles. The highest BCUT2D eigenvalue weighted by atomic mass is 16.7. The van der Waals surface area contributed by atoms with E-state index >= 15 is 0 Å². The number of carbonyl (C=O) groups excluding carboxylic acids is 1. The summed E-state index contributed by atoms with van der Waals surface area (Å²) in [5.41, 5.74) is 0. The molecule has 1 atom stereocenters. The first-order valence-electron chi connectivity index (χ1n) is 5.44. The molecular weight excluding hydrogens is 220 g/mol. The first-order chi connectivity index (χ1) is 8.15. The van der Waals surface area contributed by atoms with Gasteiger partial charge >= 0.3 is 6.29 Å². The van der Waals surface area contributed by atoms with Gasteiger partial charge in [0.25, 0.3) is 0 Å². The van der Waals surface area contributed by atoms with Gasteiger partial charge in [-0.15, -0.1) is 0 Å². The lowest BCUT2D eigenvalue weighted by molar-refractivity contribution is -0.132. The summed E-state index contributed by atoms with van der Waals surface area (Å²) < 4.78 is 15.9. The van der Waals surface area contributed by atoms with E-state index in [2.05, 4.69) is 0 Å². The molecule has 0 spiro atoms. The summed E-state index contributed by atoms with van der Waals surface area (Å²) in [6, 6.07) is 7.12. The maximum Gasteiger partial charge on any atom is 0.304 e. The molecule has 0 aromatic heterocycles. The van der Waals surface area contributed by atoms with Gasteiger partial charge in [0.1, 0.15) is 11.5 Å². The van der Waals surface area contributed by atoms with E-state index in [-0.39, 0.29) is 11.9 Å². The molecule has 17 heavy (non-hydrogen) atoms. The Labute approximate surface area is 99.8 Å². The summed E-state index contributed by atoms with van der Waals surface area (Å²) in [6.07, 6.45) is 1.90. The van der Waals surface area contributed by atoms with Crippen LogP contribution in [0.5, 0.6) is 11.5 Å². The highest BCUT2D eigenvalue weighted by Gasteiger charge is 2.23. The third kappa shape index (κ3) is 3.00. The Morgan fingerprint density at radius 1 is 1.29 bits per heavy atom. The van der Waals surface area contributed by atoms with Gasteiger partial charge in [-0.25, -0.2) is 0 Å². The van der Waals surface area contributed by atoms with Gasteiger partial charge in [-0.3, -0.25) is 4.79 Å². The van der Waals surface area contributed by atoms with E-state index in [9.17, 15) is 4.79 Å². The zero-order valence-electron chi connectivity index (χ0n) is 9.75. The van der Waals surface area contributed by atoms with Crippen LogP contribution in [0, 0.1) is 0 Å². The molecule has 0 radical (unpaired) electrons. The van der Waals surface area contributed by atoms with Crippen molar-refractivity contribution in [1.82, 2.24) is 0 Å². The van der Waals surface area contributed by atoms with Crippen molar-refractivity contribution in [3.63, 3.8) is 0 Å². The van der Waals surface area contributed by atoms with Crippen LogP contribution in [0.2, 0.25) is 0 Å². The number of ketones is 1. The highest BCUT2D eigenvalue weighted by Crippen LogP contribution is 2.22. The van der Waals surface area contributed by atoms with Crippen molar-refractivity contribution in [3.8, 4) is 11.5 Å². The fourth-order valence-corrected chi connectivity index (χ4v) is 1.43. The third-order valence-electron chi connectivity index (χ3n) is 2.09. The summed E-state index contributed by atoms with van der Waals surface area (Å²) in [5, 5.41) is 0. The van der Waals surface area contributed by atoms with E-state index < -0.39 is 6.29 Å². The SMILES string of the molecule is CC(C)Oc1cccc(OC2OC=CC2=O)c1. The third-order valence-corrected chi connectivity index (χ3v) is 2.09. The first-order valence-corrected chi connectivity index (χ1v) is 5.44. The minimum atomic E-state index is -0.871. The molecule has 0 fully saturated rings. The molecule has 1 aliphatic heterocycles. The van der Waals surface area contributed by atoms with Crippen molar-refractivity contribution < 1.29 is 19.0 Å². The summed E-state index contributed by atoms with van der Waals surface area (Å²) in [4.78, 5) is 11.3. The van der Waals surface area contributed by atoms with Crippen LogP contribution < -0.4 is 9.47 Å². The minimum Gasteiger partial charge on any atom is -0.491 e. The fourth-order valence-electron chi connectivity index (χ4n) is 1.43. The maximum absolute atomic E-state index is 11.3. The van der Waals surface area contributed by atoms with Crippen LogP contribution in [0.3, 0.4) is 0 Å². The van der Waals surface area contributed by atoms with Crippen molar-refractivity contribution in [2.45, 2.75) is 26.2 Å². The molecule has 0 N–H and O–H groups in total. The molecule has 1 aromatic rings. The number of ether oxygens (including phenoxy) is 3. The zero-order valence-corrected chi connectivity index (χ0v) is 9.75. The summed E-state index contributed by atoms with van der Waals surface area (Å²) >= 11 is 0. The Hall–Kier alpha value is -1.97. The Kier molecular flexibility index (Phi) is 3.32. The topological polar surface area (TPSA) is 44.8 Å². The van der Waals surface area contributed by atoms with Gasteiger partial charge in [0, 0.05) is 12.1 Å². The van der Waals surface area contributed by atoms with E-state index in [1.165, 1.54) is 12.3 Å². The Bertz CT molecular complexity index is 437. The molecule has 1 aliphatic rings. The maximum atomic E-state index is 11.3. The van der Waals surface area contributed by atoms with Crippen LogP contribution in [-0.4, -0.2) is 18.2 Å². The zero-order chi connectivity index (χ0) is 12.3. The standard InChI is InChI=1S/C13H14O4/c1-9(2)16-10-4-3-5-11(8-10)17-13-12(14)6-7-15-13/h3-9,13H,1-2H3. The van der Waals surface area contributed by atoms with Gasteiger partial charge in [0.05, 0.1) is 12.4 Å². The highest BCUT2D eigenvalue weighted by molar-refractivity contribution is 5.94. The molecule has 1 aromatic carbocycles. The predicted molar refractivity (Wildman–Crippen MR) is 61.9 cm³/mol. The van der Waals surface area contributed by atoms with E-state index in [0.717, 1.165) is 0 Å². The predicted octanol–water partition coefficient (Wildman–Crippen LogP) is 2.29. The van der Waals surface area contributed by atoms with Crippen LogP contribution in [0.15, 0.2) is 36.6 Å². The molecule has 4 nitrogen and oxygen atoms in total. The Morgan fingerprint density at radius 3 is 2.71 bits per heavy atom. The average molecular weight is 234 g/mol. The number of rotatable bonds is 4. The van der Waals surface area contributed by atoms with Gasteiger partial charge in [0.2, 0.25) is 5.78 Å². The van der Waals surface area contributed by atoms with Gasteiger partial charge in [-0.05, 0) is 26.0 Å². The molecule has 0 bridgehead atoms. The molecule has 0 aliphatic carbocycles. The fraction of sp³-hybridized carbons (Fsp3) is 0.308. The lowest BCUT2D eigenvalue weighted by Gasteiger charge is -2.14. The van der Waals surface area contributed by atoms with Gasteiger partial charge in [-0.1, -0.05) is 6.07 Å². The Balaban J connectivity index is 2.03. The van der Waals surface area contributed by atoms with Crippen molar-refractivity contribution in [3.05, 3.63) is 36.6 Å². The van der Waals surface area contributed by atoms with Crippen molar-refractivity contribution >= 4 is 5.78 Å². The quantitative estimate of drug-likeness (QED) is 0.801. The molecular formula is C13H14O4. The van der Waals surface area contributed by atoms with E-state index in [1.807, 2.05) is 19.9 Å². The largest absolute Gasteiger partial charge is 0.491 e. The van der Waals surface area contributed by atoms with Crippen LogP contribution in [0.25, 0.3) is 0 Å². The number of benzene rings is 1. The molecule has 0 saturated carbocycles. The smallest absolute Gasteiger partial charge is 0.304 e. The molecule has 1 heterocycles. The summed E-state index contributed by atoms with van der Waals surface area (Å²) in [5.74, 6) is 1.06. The van der Waals surface area contributed by atoms with Crippen molar-refractivity contribution in [1.29, 1.82) is 0 Å². The van der Waals surface area contributed by atoms with Crippen LogP contribution in [0.4, 0.5) is 0 Å². The van der Waals surface area contributed by atoms with Gasteiger partial charge in [0.15, 0.2) is 0 Å². The molecule has 0 amide bonds. The second kappa shape index (κ2) is 4.91. The first kappa shape index (κ1) is 11.5. The lowest BCUT2D eigenvalue weighted by Crippen LogP contribution is -2.23. The van der Waals surface area contributed by atoms with Crippen molar-refractivity contribution in [2.24, 2.45) is 0 Å². The monoisotopic (exact) mass is 234 g/mol. The molecule has 90 valence electrons. The number of hydrogen-bond acceptors (Lipinski definition) is 4. The average Bonchev–Trinajstić information content (AvgIpc) is 2.64. The second-order valence-corrected chi connectivity index (χ2v) is 3.93. The van der Waals surface area contributed by atoms with Crippen LogP contribution in [-0.2, 0) is 9.53 Å². The number of carbonyl (C=O) groups is 1. The molecule has 4 heteroatoms. The number of hydrogen-bond donors (Lipinski definition) is 0. The van der Waals surface area contributed by atoms with E-state index in [0.29, 0.717) is 11.5 Å². The second-order valence-electron chi connectivity index (χ2n) is 3.93. The minimum absolute atomic E-state index is 0.0938. The molecule has 1 unspecified atom stereocenters.